The lowest BCUT2D eigenvalue weighted by Crippen LogP contribution is -2.30. The monoisotopic (exact) mass is 354 g/mol. The van der Waals surface area contributed by atoms with Gasteiger partial charge in [0.15, 0.2) is 0 Å². The van der Waals surface area contributed by atoms with E-state index in [2.05, 4.69) is 26.3 Å². The van der Waals surface area contributed by atoms with Crippen LogP contribution in [0.25, 0.3) is 0 Å². The third-order valence-electron chi connectivity index (χ3n) is 4.30. The van der Waals surface area contributed by atoms with Crippen LogP contribution < -0.4 is 15.0 Å². The molecule has 138 valence electrons. The van der Waals surface area contributed by atoms with Gasteiger partial charge in [-0.3, -0.25) is 4.79 Å². The topological polar surface area (TPSA) is 67.3 Å². The maximum Gasteiger partial charge on any atom is 0.253 e. The Hall–Kier alpha value is -2.63. The van der Waals surface area contributed by atoms with E-state index in [9.17, 15) is 4.79 Å². The smallest absolute Gasteiger partial charge is 0.253 e. The van der Waals surface area contributed by atoms with Gasteiger partial charge in [0.05, 0.1) is 11.7 Å². The van der Waals surface area contributed by atoms with Crippen molar-refractivity contribution in [2.24, 2.45) is 0 Å². The zero-order valence-electron chi connectivity index (χ0n) is 15.4. The Bertz CT molecular complexity index is 725. The van der Waals surface area contributed by atoms with Gasteiger partial charge in [0.1, 0.15) is 5.82 Å². The molecule has 0 bridgehead atoms. The number of hydrogen-bond donors (Lipinski definition) is 1. The van der Waals surface area contributed by atoms with Crippen molar-refractivity contribution in [1.82, 2.24) is 15.3 Å². The normalized spacial score (nSPS) is 14.3. The van der Waals surface area contributed by atoms with Crippen molar-refractivity contribution in [3.8, 4) is 5.88 Å². The zero-order chi connectivity index (χ0) is 18.4. The minimum atomic E-state index is -0.148. The Morgan fingerprint density at radius 1 is 1.19 bits per heavy atom. The van der Waals surface area contributed by atoms with Crippen molar-refractivity contribution in [3.63, 3.8) is 0 Å². The van der Waals surface area contributed by atoms with E-state index in [1.807, 2.05) is 26.1 Å². The van der Waals surface area contributed by atoms with Gasteiger partial charge < -0.3 is 15.0 Å². The van der Waals surface area contributed by atoms with Crippen LogP contribution in [-0.2, 0) is 6.54 Å². The number of piperidine rings is 1. The van der Waals surface area contributed by atoms with Gasteiger partial charge in [-0.25, -0.2) is 9.97 Å². The molecule has 2 aromatic heterocycles. The molecule has 0 unspecified atom stereocenters. The van der Waals surface area contributed by atoms with E-state index < -0.39 is 0 Å². The highest BCUT2D eigenvalue weighted by molar-refractivity contribution is 5.93. The van der Waals surface area contributed by atoms with Crippen LogP contribution in [0.3, 0.4) is 0 Å². The first-order valence-corrected chi connectivity index (χ1v) is 9.22. The number of ether oxygens (including phenoxy) is 1. The molecule has 3 rings (SSSR count). The van der Waals surface area contributed by atoms with Crippen molar-refractivity contribution >= 4 is 11.7 Å². The summed E-state index contributed by atoms with van der Waals surface area (Å²) < 4.78 is 5.49. The highest BCUT2D eigenvalue weighted by Crippen LogP contribution is 2.18. The average Bonchev–Trinajstić information content (AvgIpc) is 2.67. The molecule has 6 heteroatoms. The lowest BCUT2D eigenvalue weighted by atomic mass is 10.1. The van der Waals surface area contributed by atoms with Gasteiger partial charge in [-0.15, -0.1) is 0 Å². The van der Waals surface area contributed by atoms with Crippen LogP contribution in [0.1, 0.15) is 49.0 Å². The van der Waals surface area contributed by atoms with E-state index in [1.54, 1.807) is 18.3 Å². The summed E-state index contributed by atoms with van der Waals surface area (Å²) in [4.78, 5) is 23.3. The fourth-order valence-corrected chi connectivity index (χ4v) is 2.98. The number of aromatic nitrogens is 2. The Labute approximate surface area is 154 Å². The van der Waals surface area contributed by atoms with Gasteiger partial charge in [-0.2, -0.15) is 0 Å². The number of nitrogens with zero attached hydrogens (tertiary/aromatic N) is 3. The molecule has 3 heterocycles. The number of hydrogen-bond acceptors (Lipinski definition) is 5. The molecule has 0 aromatic carbocycles. The predicted octanol–water partition coefficient (Wildman–Crippen LogP) is 3.18. The summed E-state index contributed by atoms with van der Waals surface area (Å²) in [7, 11) is 0. The first-order valence-electron chi connectivity index (χ1n) is 9.22. The van der Waals surface area contributed by atoms with Crippen LogP contribution in [0.4, 0.5) is 5.82 Å². The van der Waals surface area contributed by atoms with Crippen molar-refractivity contribution in [3.05, 3.63) is 47.8 Å². The maximum absolute atomic E-state index is 12.3. The summed E-state index contributed by atoms with van der Waals surface area (Å²) in [6.45, 7) is 6.45. The molecule has 1 aliphatic heterocycles. The van der Waals surface area contributed by atoms with Crippen molar-refractivity contribution in [2.75, 3.05) is 18.0 Å². The maximum atomic E-state index is 12.3. The van der Waals surface area contributed by atoms with E-state index in [-0.39, 0.29) is 12.0 Å². The molecule has 0 radical (unpaired) electrons. The third-order valence-corrected chi connectivity index (χ3v) is 4.30. The average molecular weight is 354 g/mol. The molecule has 1 saturated heterocycles. The highest BCUT2D eigenvalue weighted by atomic mass is 16.5. The molecule has 2 aromatic rings. The van der Waals surface area contributed by atoms with Crippen molar-refractivity contribution < 1.29 is 9.53 Å². The van der Waals surface area contributed by atoms with Crippen LogP contribution in [0.2, 0.25) is 0 Å². The second-order valence-corrected chi connectivity index (χ2v) is 6.80. The third kappa shape index (κ3) is 4.94. The van der Waals surface area contributed by atoms with E-state index in [0.29, 0.717) is 18.0 Å². The molecule has 1 amide bonds. The number of carbonyl (C=O) groups is 1. The van der Waals surface area contributed by atoms with Crippen LogP contribution in [-0.4, -0.2) is 35.1 Å². The van der Waals surface area contributed by atoms with Gasteiger partial charge >= 0.3 is 0 Å². The van der Waals surface area contributed by atoms with Gasteiger partial charge in [0.25, 0.3) is 5.91 Å². The quantitative estimate of drug-likeness (QED) is 0.863. The molecule has 6 nitrogen and oxygen atoms in total. The number of carbonyl (C=O) groups excluding carboxylic acids is 1. The van der Waals surface area contributed by atoms with E-state index >= 15 is 0 Å². The number of amides is 1. The molecule has 1 aliphatic rings. The first-order chi connectivity index (χ1) is 12.6. The summed E-state index contributed by atoms with van der Waals surface area (Å²) in [6, 6.07) is 7.44. The standard InChI is InChI=1S/C20H26N4O2/c1-15(2)26-19-7-6-17(14-22-19)20(25)23-13-16-8-9-21-18(12-16)24-10-4-3-5-11-24/h6-9,12,14-15H,3-5,10-11,13H2,1-2H3,(H,23,25). The summed E-state index contributed by atoms with van der Waals surface area (Å²) in [5, 5.41) is 2.94. The summed E-state index contributed by atoms with van der Waals surface area (Å²) >= 11 is 0. The molecule has 0 saturated carbocycles. The summed E-state index contributed by atoms with van der Waals surface area (Å²) in [6.07, 6.45) is 7.13. The zero-order valence-corrected chi connectivity index (χ0v) is 15.4. The highest BCUT2D eigenvalue weighted by Gasteiger charge is 2.13. The van der Waals surface area contributed by atoms with E-state index in [0.717, 1.165) is 24.5 Å². The van der Waals surface area contributed by atoms with Crippen LogP contribution in [0, 0.1) is 0 Å². The molecule has 1 fully saturated rings. The fraction of sp³-hybridized carbons (Fsp3) is 0.450. The summed E-state index contributed by atoms with van der Waals surface area (Å²) in [5.74, 6) is 1.37. The number of nitrogens with one attached hydrogen (secondary N) is 1. The minimum Gasteiger partial charge on any atom is -0.475 e. The Kier molecular flexibility index (Phi) is 6.04. The SMILES string of the molecule is CC(C)Oc1ccc(C(=O)NCc2ccnc(N3CCCCC3)c2)cn1. The molecular weight excluding hydrogens is 328 g/mol. The Morgan fingerprint density at radius 3 is 2.69 bits per heavy atom. The predicted molar refractivity (Wildman–Crippen MR) is 101 cm³/mol. The Morgan fingerprint density at radius 2 is 2.00 bits per heavy atom. The van der Waals surface area contributed by atoms with Crippen molar-refractivity contribution in [2.45, 2.75) is 45.8 Å². The van der Waals surface area contributed by atoms with Gasteiger partial charge in [-0.05, 0) is 56.9 Å². The second-order valence-electron chi connectivity index (χ2n) is 6.80. The van der Waals surface area contributed by atoms with Crippen molar-refractivity contribution in [1.29, 1.82) is 0 Å². The molecular formula is C20H26N4O2. The molecule has 26 heavy (non-hydrogen) atoms. The van der Waals surface area contributed by atoms with Gasteiger partial charge in [-0.1, -0.05) is 0 Å². The molecule has 0 spiro atoms. The number of anilines is 1. The van der Waals surface area contributed by atoms with Crippen LogP contribution >= 0.6 is 0 Å². The Balaban J connectivity index is 1.57. The summed E-state index contributed by atoms with van der Waals surface area (Å²) in [5.41, 5.74) is 1.56. The van der Waals surface area contributed by atoms with Crippen LogP contribution in [0.15, 0.2) is 36.7 Å². The van der Waals surface area contributed by atoms with E-state index in [1.165, 1.54) is 19.3 Å². The van der Waals surface area contributed by atoms with Gasteiger partial charge in [0, 0.05) is 38.1 Å². The largest absolute Gasteiger partial charge is 0.475 e. The second kappa shape index (κ2) is 8.65. The molecule has 0 aliphatic carbocycles. The lowest BCUT2D eigenvalue weighted by Gasteiger charge is -2.27. The number of rotatable bonds is 6. The lowest BCUT2D eigenvalue weighted by molar-refractivity contribution is 0.0950. The first kappa shape index (κ1) is 18.2. The molecule has 0 atom stereocenters. The number of pyridine rings is 2. The van der Waals surface area contributed by atoms with E-state index in [4.69, 9.17) is 4.74 Å². The molecule has 1 N–H and O–H groups in total. The van der Waals surface area contributed by atoms with Crippen LogP contribution in [0.5, 0.6) is 5.88 Å². The fourth-order valence-electron chi connectivity index (χ4n) is 2.98. The van der Waals surface area contributed by atoms with Gasteiger partial charge in [0.2, 0.25) is 5.88 Å². The minimum absolute atomic E-state index is 0.0583.